The molecule has 2 aromatic rings. The predicted octanol–water partition coefficient (Wildman–Crippen LogP) is 3.83. The number of anilines is 1. The number of halogens is 2. The molecule has 2 rings (SSSR count). The van der Waals surface area contributed by atoms with Crippen LogP contribution in [0.15, 0.2) is 18.2 Å². The summed E-state index contributed by atoms with van der Waals surface area (Å²) in [5.41, 5.74) is 0.972. The summed E-state index contributed by atoms with van der Waals surface area (Å²) in [5, 5.41) is 17.9. The molecule has 134 valence electrons. The number of methoxy groups -OCH3 is 1. The summed E-state index contributed by atoms with van der Waals surface area (Å²) in [6.07, 6.45) is 0.630. The highest BCUT2D eigenvalue weighted by atomic mass is 35.5. The molecule has 0 saturated carbocycles. The minimum atomic E-state index is -0.635. The Hall–Kier alpha value is -2.32. The van der Waals surface area contributed by atoms with Crippen LogP contribution in [-0.2, 0) is 11.3 Å². The number of benzene rings is 1. The van der Waals surface area contributed by atoms with Gasteiger partial charge in [0, 0.05) is 11.4 Å². The third-order valence-electron chi connectivity index (χ3n) is 3.50. The van der Waals surface area contributed by atoms with Crippen molar-refractivity contribution < 1.29 is 14.5 Å². The third kappa shape index (κ3) is 4.61. The molecule has 0 aliphatic rings. The monoisotopic (exact) mass is 386 g/mol. The van der Waals surface area contributed by atoms with Crippen LogP contribution in [0.25, 0.3) is 0 Å². The van der Waals surface area contributed by atoms with E-state index in [1.165, 1.54) is 11.8 Å². The van der Waals surface area contributed by atoms with Crippen LogP contribution in [0.3, 0.4) is 0 Å². The van der Waals surface area contributed by atoms with Gasteiger partial charge >= 0.3 is 5.82 Å². The molecule has 0 fully saturated rings. The Morgan fingerprint density at radius 2 is 2.16 bits per heavy atom. The van der Waals surface area contributed by atoms with E-state index in [0.29, 0.717) is 35.1 Å². The van der Waals surface area contributed by atoms with Crippen LogP contribution in [0, 0.1) is 17.0 Å². The second kappa shape index (κ2) is 8.17. The number of ether oxygens (including phenoxy) is 1. The molecule has 0 aliphatic heterocycles. The average Bonchev–Trinajstić information content (AvgIpc) is 2.84. The van der Waals surface area contributed by atoms with E-state index in [2.05, 4.69) is 10.4 Å². The molecule has 0 spiro atoms. The first kappa shape index (κ1) is 19.0. The number of carbonyl (C=O) groups is 1. The van der Waals surface area contributed by atoms with E-state index < -0.39 is 4.92 Å². The molecule has 1 amide bonds. The van der Waals surface area contributed by atoms with E-state index in [-0.39, 0.29) is 23.2 Å². The molecule has 10 heteroatoms. The smallest absolute Gasteiger partial charge is 0.408 e. The van der Waals surface area contributed by atoms with Gasteiger partial charge in [-0.2, -0.15) is 4.68 Å². The van der Waals surface area contributed by atoms with Gasteiger partial charge in [-0.15, -0.1) is 0 Å². The van der Waals surface area contributed by atoms with Crippen molar-refractivity contribution in [3.63, 3.8) is 0 Å². The molecule has 0 atom stereocenters. The molecular weight excluding hydrogens is 371 g/mol. The molecule has 0 aliphatic carbocycles. The molecule has 0 unspecified atom stereocenters. The highest BCUT2D eigenvalue weighted by molar-refractivity contribution is 6.33. The number of aromatic nitrogens is 2. The summed E-state index contributed by atoms with van der Waals surface area (Å²) in [6, 6.07) is 4.92. The lowest BCUT2D eigenvalue weighted by Crippen LogP contribution is -2.13. The number of nitro groups is 1. The van der Waals surface area contributed by atoms with Crippen molar-refractivity contribution in [1.29, 1.82) is 0 Å². The molecule has 0 bridgehead atoms. The second-order valence-corrected chi connectivity index (χ2v) is 6.01. The SMILES string of the molecule is COc1ccc(Cl)cc1NC(=O)CCCn1nc([N+](=O)[O-])c(Cl)c1C. The Balaban J connectivity index is 1.94. The lowest BCUT2D eigenvalue weighted by atomic mass is 10.2. The van der Waals surface area contributed by atoms with E-state index >= 15 is 0 Å². The zero-order chi connectivity index (χ0) is 18.6. The zero-order valence-electron chi connectivity index (χ0n) is 13.6. The van der Waals surface area contributed by atoms with Gasteiger partial charge in [-0.1, -0.05) is 23.2 Å². The van der Waals surface area contributed by atoms with Gasteiger partial charge in [0.2, 0.25) is 5.91 Å². The first-order valence-corrected chi connectivity index (χ1v) is 8.09. The Morgan fingerprint density at radius 3 is 2.76 bits per heavy atom. The first-order chi connectivity index (χ1) is 11.8. The van der Waals surface area contributed by atoms with Gasteiger partial charge < -0.3 is 20.2 Å². The number of hydrogen-bond acceptors (Lipinski definition) is 5. The molecule has 1 heterocycles. The van der Waals surface area contributed by atoms with Crippen molar-refractivity contribution in [3.05, 3.63) is 44.1 Å². The van der Waals surface area contributed by atoms with Crippen LogP contribution in [-0.4, -0.2) is 27.7 Å². The van der Waals surface area contributed by atoms with Crippen molar-refractivity contribution >= 4 is 40.6 Å². The van der Waals surface area contributed by atoms with Gasteiger partial charge in [0.15, 0.2) is 5.02 Å². The van der Waals surface area contributed by atoms with Crippen LogP contribution in [0.4, 0.5) is 11.5 Å². The van der Waals surface area contributed by atoms with Crippen molar-refractivity contribution in [2.75, 3.05) is 12.4 Å². The summed E-state index contributed by atoms with van der Waals surface area (Å²) in [6.45, 7) is 1.97. The standard InChI is InChI=1S/C15H16Cl2N4O4/c1-9-14(17)15(21(23)24)19-20(9)7-3-4-13(22)18-11-8-10(16)5-6-12(11)25-2/h5-6,8H,3-4,7H2,1-2H3,(H,18,22). The molecular formula is C15H16Cl2N4O4. The minimum Gasteiger partial charge on any atom is -0.495 e. The first-order valence-electron chi connectivity index (χ1n) is 7.34. The van der Waals surface area contributed by atoms with E-state index in [4.69, 9.17) is 27.9 Å². The van der Waals surface area contributed by atoms with E-state index in [1.54, 1.807) is 25.1 Å². The molecule has 1 N–H and O–H groups in total. The van der Waals surface area contributed by atoms with Gasteiger partial charge in [0.1, 0.15) is 5.75 Å². The number of carbonyl (C=O) groups excluding carboxylic acids is 1. The number of aryl methyl sites for hydroxylation is 1. The largest absolute Gasteiger partial charge is 0.495 e. The number of nitrogens with zero attached hydrogens (tertiary/aromatic N) is 3. The third-order valence-corrected chi connectivity index (χ3v) is 4.18. The minimum absolute atomic E-state index is 0.0121. The fourth-order valence-corrected chi connectivity index (χ4v) is 2.60. The van der Waals surface area contributed by atoms with Crippen molar-refractivity contribution in [1.82, 2.24) is 9.78 Å². The highest BCUT2D eigenvalue weighted by Gasteiger charge is 2.23. The van der Waals surface area contributed by atoms with Crippen molar-refractivity contribution in [2.45, 2.75) is 26.3 Å². The average molecular weight is 387 g/mol. The topological polar surface area (TPSA) is 99.3 Å². The van der Waals surface area contributed by atoms with E-state index in [0.717, 1.165) is 0 Å². The summed E-state index contributed by atoms with van der Waals surface area (Å²) in [7, 11) is 1.50. The Bertz CT molecular complexity index is 807. The molecule has 8 nitrogen and oxygen atoms in total. The van der Waals surface area contributed by atoms with Gasteiger partial charge in [0.05, 0.1) is 30.1 Å². The second-order valence-electron chi connectivity index (χ2n) is 5.20. The summed E-state index contributed by atoms with van der Waals surface area (Å²) >= 11 is 11.8. The number of rotatable bonds is 7. The lowest BCUT2D eigenvalue weighted by Gasteiger charge is -2.10. The maximum atomic E-state index is 12.1. The lowest BCUT2D eigenvalue weighted by molar-refractivity contribution is -0.389. The number of amides is 1. The maximum Gasteiger partial charge on any atom is 0.408 e. The zero-order valence-corrected chi connectivity index (χ0v) is 15.1. The van der Waals surface area contributed by atoms with Gasteiger partial charge in [-0.05, 0) is 36.5 Å². The van der Waals surface area contributed by atoms with Crippen LogP contribution < -0.4 is 10.1 Å². The van der Waals surface area contributed by atoms with Crippen LogP contribution in [0.2, 0.25) is 10.0 Å². The van der Waals surface area contributed by atoms with Crippen LogP contribution in [0.5, 0.6) is 5.75 Å². The Kier molecular flexibility index (Phi) is 6.22. The number of nitrogens with one attached hydrogen (secondary N) is 1. The molecule has 1 aromatic heterocycles. The quantitative estimate of drug-likeness (QED) is 0.575. The fourth-order valence-electron chi connectivity index (χ4n) is 2.22. The molecule has 25 heavy (non-hydrogen) atoms. The fraction of sp³-hybridized carbons (Fsp3) is 0.333. The molecule has 0 radical (unpaired) electrons. The van der Waals surface area contributed by atoms with Gasteiger partial charge in [-0.3, -0.25) is 4.79 Å². The van der Waals surface area contributed by atoms with Crippen LogP contribution in [0.1, 0.15) is 18.5 Å². The predicted molar refractivity (Wildman–Crippen MR) is 94.5 cm³/mol. The summed E-state index contributed by atoms with van der Waals surface area (Å²) in [4.78, 5) is 22.3. The number of hydrogen-bond donors (Lipinski definition) is 1. The van der Waals surface area contributed by atoms with Crippen LogP contribution >= 0.6 is 23.2 Å². The Labute approximate surface area is 153 Å². The van der Waals surface area contributed by atoms with Gasteiger partial charge in [0.25, 0.3) is 0 Å². The normalized spacial score (nSPS) is 10.6. The van der Waals surface area contributed by atoms with E-state index in [9.17, 15) is 14.9 Å². The maximum absolute atomic E-state index is 12.1. The summed E-state index contributed by atoms with van der Waals surface area (Å²) in [5.74, 6) is -0.110. The Morgan fingerprint density at radius 1 is 1.44 bits per heavy atom. The summed E-state index contributed by atoms with van der Waals surface area (Å²) < 4.78 is 6.59. The molecule has 0 saturated heterocycles. The van der Waals surface area contributed by atoms with Crippen molar-refractivity contribution in [3.8, 4) is 5.75 Å². The highest BCUT2D eigenvalue weighted by Crippen LogP contribution is 2.28. The van der Waals surface area contributed by atoms with Crippen molar-refractivity contribution in [2.24, 2.45) is 0 Å². The van der Waals surface area contributed by atoms with Gasteiger partial charge in [-0.25, -0.2) is 0 Å². The molecule has 1 aromatic carbocycles. The van der Waals surface area contributed by atoms with E-state index in [1.807, 2.05) is 0 Å².